The molecular weight excluding hydrogens is 158 g/mol. The molecule has 0 aliphatic carbocycles. The number of hydrogen-bond donors (Lipinski definition) is 2. The monoisotopic (exact) mass is 173 g/mol. The zero-order valence-electron chi connectivity index (χ0n) is 7.29. The number of carbonyl (C=O) groups is 1. The molecule has 1 aliphatic rings. The Labute approximate surface area is 71.8 Å². The maximum atomic E-state index is 10.5. The number of likely N-dealkylation sites (tertiary alicyclic amines) is 1. The molecule has 1 saturated heterocycles. The first kappa shape index (κ1) is 9.32. The van der Waals surface area contributed by atoms with Crippen molar-refractivity contribution < 1.29 is 15.0 Å². The van der Waals surface area contributed by atoms with Crippen molar-refractivity contribution in [3.05, 3.63) is 0 Å². The van der Waals surface area contributed by atoms with Crippen LogP contribution in [0.5, 0.6) is 0 Å². The molecule has 4 nitrogen and oxygen atoms in total. The molecule has 4 heteroatoms. The van der Waals surface area contributed by atoms with Crippen LogP contribution in [0.2, 0.25) is 0 Å². The van der Waals surface area contributed by atoms with Crippen molar-refractivity contribution in [1.29, 1.82) is 0 Å². The summed E-state index contributed by atoms with van der Waals surface area (Å²) in [6.45, 7) is 2.73. The van der Waals surface area contributed by atoms with Crippen LogP contribution >= 0.6 is 0 Å². The van der Waals surface area contributed by atoms with Crippen LogP contribution in [-0.4, -0.2) is 39.9 Å². The Morgan fingerprint density at radius 1 is 1.67 bits per heavy atom. The van der Waals surface area contributed by atoms with Gasteiger partial charge in [0.1, 0.15) is 0 Å². The van der Waals surface area contributed by atoms with Gasteiger partial charge in [-0.2, -0.15) is 0 Å². The highest BCUT2D eigenvalue weighted by atomic mass is 16.4. The molecule has 1 amide bonds. The smallest absolute Gasteiger partial charge is 0.407 e. The lowest BCUT2D eigenvalue weighted by Crippen LogP contribution is -2.35. The van der Waals surface area contributed by atoms with E-state index in [0.717, 1.165) is 6.42 Å². The third-order valence-corrected chi connectivity index (χ3v) is 2.32. The molecule has 0 radical (unpaired) electrons. The molecule has 0 bridgehead atoms. The zero-order chi connectivity index (χ0) is 9.19. The second kappa shape index (κ2) is 3.31. The fourth-order valence-corrected chi connectivity index (χ4v) is 1.69. The van der Waals surface area contributed by atoms with Crippen LogP contribution in [0.1, 0.15) is 26.2 Å². The van der Waals surface area contributed by atoms with Crippen LogP contribution in [0, 0.1) is 0 Å². The van der Waals surface area contributed by atoms with E-state index in [1.54, 1.807) is 0 Å². The molecule has 0 aromatic rings. The number of aliphatic hydroxyl groups is 1. The van der Waals surface area contributed by atoms with Crippen molar-refractivity contribution in [2.24, 2.45) is 0 Å². The van der Waals surface area contributed by atoms with E-state index in [4.69, 9.17) is 5.11 Å². The first-order valence-corrected chi connectivity index (χ1v) is 4.28. The minimum atomic E-state index is -0.929. The highest BCUT2D eigenvalue weighted by Gasteiger charge is 2.37. The van der Waals surface area contributed by atoms with E-state index < -0.39 is 11.7 Å². The Kier molecular flexibility index (Phi) is 2.57. The molecule has 1 fully saturated rings. The van der Waals surface area contributed by atoms with Crippen LogP contribution in [0.3, 0.4) is 0 Å². The van der Waals surface area contributed by atoms with Crippen LogP contribution in [-0.2, 0) is 0 Å². The van der Waals surface area contributed by atoms with Gasteiger partial charge in [-0.25, -0.2) is 4.79 Å². The van der Waals surface area contributed by atoms with Crippen LogP contribution < -0.4 is 0 Å². The van der Waals surface area contributed by atoms with Gasteiger partial charge in [-0.05, 0) is 12.8 Å². The van der Waals surface area contributed by atoms with E-state index >= 15 is 0 Å². The Balaban J connectivity index is 2.48. The maximum Gasteiger partial charge on any atom is 0.407 e. The molecule has 0 aromatic carbocycles. The Morgan fingerprint density at radius 2 is 2.33 bits per heavy atom. The normalized spacial score (nSPS) is 29.3. The van der Waals surface area contributed by atoms with Crippen molar-refractivity contribution in [3.8, 4) is 0 Å². The molecule has 1 unspecified atom stereocenters. The number of nitrogens with zero attached hydrogens (tertiary/aromatic N) is 1. The minimum Gasteiger partial charge on any atom is -0.465 e. The summed E-state index contributed by atoms with van der Waals surface area (Å²) in [6, 6.07) is 0. The van der Waals surface area contributed by atoms with Crippen molar-refractivity contribution >= 4 is 6.09 Å². The van der Waals surface area contributed by atoms with Crippen molar-refractivity contribution in [2.45, 2.75) is 31.8 Å². The van der Waals surface area contributed by atoms with Gasteiger partial charge >= 0.3 is 6.09 Å². The molecule has 0 aromatic heterocycles. The van der Waals surface area contributed by atoms with E-state index in [-0.39, 0.29) is 6.54 Å². The Hall–Kier alpha value is -0.770. The number of β-amino-alcohol motifs (C(OH)–C–C–N with tert-alkyl or cyclic N) is 1. The van der Waals surface area contributed by atoms with Crippen LogP contribution in [0.25, 0.3) is 0 Å². The SMILES string of the molecule is CCCC1(O)CCN(C(=O)O)C1. The summed E-state index contributed by atoms with van der Waals surface area (Å²) in [5.41, 5.74) is -0.757. The average Bonchev–Trinajstić information content (AvgIpc) is 2.33. The van der Waals surface area contributed by atoms with E-state index in [2.05, 4.69) is 0 Å². The molecular formula is C8H15NO3. The van der Waals surface area contributed by atoms with Gasteiger partial charge in [0, 0.05) is 6.54 Å². The first-order valence-electron chi connectivity index (χ1n) is 4.28. The van der Waals surface area contributed by atoms with Crippen molar-refractivity contribution in [3.63, 3.8) is 0 Å². The summed E-state index contributed by atoms with van der Waals surface area (Å²) in [5, 5.41) is 18.4. The van der Waals surface area contributed by atoms with Crippen molar-refractivity contribution in [2.75, 3.05) is 13.1 Å². The van der Waals surface area contributed by atoms with Crippen molar-refractivity contribution in [1.82, 2.24) is 4.90 Å². The lowest BCUT2D eigenvalue weighted by Gasteiger charge is -2.21. The van der Waals surface area contributed by atoms with E-state index in [1.807, 2.05) is 6.92 Å². The number of hydrogen-bond acceptors (Lipinski definition) is 2. The summed E-state index contributed by atoms with van der Waals surface area (Å²) in [6.07, 6.45) is 1.23. The molecule has 2 N–H and O–H groups in total. The van der Waals surface area contributed by atoms with Gasteiger partial charge < -0.3 is 15.1 Å². The number of amides is 1. The van der Waals surface area contributed by atoms with E-state index in [0.29, 0.717) is 19.4 Å². The maximum absolute atomic E-state index is 10.5. The zero-order valence-corrected chi connectivity index (χ0v) is 7.29. The predicted octanol–water partition coefficient (Wildman–Crippen LogP) is 0.901. The summed E-state index contributed by atoms with van der Waals surface area (Å²) in [4.78, 5) is 11.8. The summed E-state index contributed by atoms with van der Waals surface area (Å²) in [7, 11) is 0. The van der Waals surface area contributed by atoms with Gasteiger partial charge in [-0.3, -0.25) is 0 Å². The number of rotatable bonds is 2. The molecule has 1 atom stereocenters. The minimum absolute atomic E-state index is 0.274. The fourth-order valence-electron chi connectivity index (χ4n) is 1.69. The fraction of sp³-hybridized carbons (Fsp3) is 0.875. The summed E-state index contributed by atoms with van der Waals surface area (Å²) in [5.74, 6) is 0. The lowest BCUT2D eigenvalue weighted by molar-refractivity contribution is 0.0399. The topological polar surface area (TPSA) is 60.8 Å². The highest BCUT2D eigenvalue weighted by Crippen LogP contribution is 2.25. The molecule has 0 spiro atoms. The molecule has 1 heterocycles. The van der Waals surface area contributed by atoms with Gasteiger partial charge in [-0.1, -0.05) is 13.3 Å². The highest BCUT2D eigenvalue weighted by molar-refractivity contribution is 5.65. The molecule has 1 rings (SSSR count). The van der Waals surface area contributed by atoms with Crippen LogP contribution in [0.15, 0.2) is 0 Å². The van der Waals surface area contributed by atoms with Gasteiger partial charge in [0.15, 0.2) is 0 Å². The van der Waals surface area contributed by atoms with E-state index in [1.165, 1.54) is 4.90 Å². The van der Waals surface area contributed by atoms with E-state index in [9.17, 15) is 9.90 Å². The lowest BCUT2D eigenvalue weighted by atomic mass is 9.98. The van der Waals surface area contributed by atoms with Gasteiger partial charge in [0.05, 0.1) is 12.1 Å². The molecule has 70 valence electrons. The number of carboxylic acid groups (broad SMARTS) is 1. The largest absolute Gasteiger partial charge is 0.465 e. The molecule has 12 heavy (non-hydrogen) atoms. The first-order chi connectivity index (χ1) is 5.57. The third kappa shape index (κ3) is 1.88. The third-order valence-electron chi connectivity index (χ3n) is 2.32. The second-order valence-electron chi connectivity index (χ2n) is 3.43. The predicted molar refractivity (Wildman–Crippen MR) is 44.1 cm³/mol. The average molecular weight is 173 g/mol. The van der Waals surface area contributed by atoms with Gasteiger partial charge in [0.2, 0.25) is 0 Å². The molecule has 1 aliphatic heterocycles. The summed E-state index contributed by atoms with van der Waals surface area (Å²) < 4.78 is 0. The quantitative estimate of drug-likeness (QED) is 0.652. The Bertz CT molecular complexity index is 183. The van der Waals surface area contributed by atoms with Gasteiger partial charge in [0.25, 0.3) is 0 Å². The Morgan fingerprint density at radius 3 is 2.75 bits per heavy atom. The molecule has 0 saturated carbocycles. The standard InChI is InChI=1S/C8H15NO3/c1-2-3-8(12)4-5-9(6-8)7(10)11/h12H,2-6H2,1H3,(H,10,11). The van der Waals surface area contributed by atoms with Gasteiger partial charge in [-0.15, -0.1) is 0 Å². The second-order valence-corrected chi connectivity index (χ2v) is 3.43. The van der Waals surface area contributed by atoms with Crippen LogP contribution in [0.4, 0.5) is 4.79 Å². The summed E-state index contributed by atoms with van der Waals surface area (Å²) >= 11 is 0.